The van der Waals surface area contributed by atoms with E-state index in [1.165, 1.54) is 0 Å². The SMILES string of the molecule is CCC(C)[C@H](NC(=O)C(CC)(CC)CN)C(=O)O. The molecule has 0 bridgehead atoms. The molecular formula is C13H26N2O3. The van der Waals surface area contributed by atoms with Crippen molar-refractivity contribution in [3.63, 3.8) is 0 Å². The van der Waals surface area contributed by atoms with E-state index >= 15 is 0 Å². The summed E-state index contributed by atoms with van der Waals surface area (Å²) < 4.78 is 0. The fourth-order valence-electron chi connectivity index (χ4n) is 1.93. The first-order valence-electron chi connectivity index (χ1n) is 6.62. The van der Waals surface area contributed by atoms with Crippen LogP contribution in [0.25, 0.3) is 0 Å². The lowest BCUT2D eigenvalue weighted by Gasteiger charge is -2.31. The number of carbonyl (C=O) groups is 2. The minimum Gasteiger partial charge on any atom is -0.480 e. The molecule has 4 N–H and O–H groups in total. The van der Waals surface area contributed by atoms with Gasteiger partial charge in [0.05, 0.1) is 5.41 Å². The van der Waals surface area contributed by atoms with Crippen LogP contribution in [0.5, 0.6) is 0 Å². The molecule has 0 aliphatic heterocycles. The Kier molecular flexibility index (Phi) is 6.91. The summed E-state index contributed by atoms with van der Waals surface area (Å²) in [4.78, 5) is 23.4. The molecule has 5 heteroatoms. The average Bonchev–Trinajstić information content (AvgIpc) is 2.37. The van der Waals surface area contributed by atoms with E-state index in [4.69, 9.17) is 10.8 Å². The van der Waals surface area contributed by atoms with Crippen LogP contribution in [0.4, 0.5) is 0 Å². The number of hydrogen-bond acceptors (Lipinski definition) is 3. The third kappa shape index (κ3) is 3.70. The van der Waals surface area contributed by atoms with Crippen molar-refractivity contribution in [1.29, 1.82) is 0 Å². The lowest BCUT2D eigenvalue weighted by Crippen LogP contribution is -2.53. The van der Waals surface area contributed by atoms with Gasteiger partial charge in [-0.3, -0.25) is 4.79 Å². The summed E-state index contributed by atoms with van der Waals surface area (Å²) in [5, 5.41) is 11.8. The lowest BCUT2D eigenvalue weighted by atomic mass is 9.81. The van der Waals surface area contributed by atoms with Crippen LogP contribution in [0, 0.1) is 11.3 Å². The van der Waals surface area contributed by atoms with E-state index in [2.05, 4.69) is 5.32 Å². The number of aliphatic carboxylic acids is 1. The van der Waals surface area contributed by atoms with Crippen molar-refractivity contribution >= 4 is 11.9 Å². The van der Waals surface area contributed by atoms with Gasteiger partial charge in [0.25, 0.3) is 0 Å². The second-order valence-electron chi connectivity index (χ2n) is 4.87. The monoisotopic (exact) mass is 258 g/mol. The van der Waals surface area contributed by atoms with Crippen molar-refractivity contribution < 1.29 is 14.7 Å². The van der Waals surface area contributed by atoms with Gasteiger partial charge in [0.1, 0.15) is 6.04 Å². The maximum absolute atomic E-state index is 12.2. The highest BCUT2D eigenvalue weighted by molar-refractivity contribution is 5.87. The molecule has 0 spiro atoms. The molecule has 0 radical (unpaired) electrons. The Labute approximate surface area is 109 Å². The first-order valence-corrected chi connectivity index (χ1v) is 6.62. The molecule has 0 aromatic carbocycles. The van der Waals surface area contributed by atoms with Gasteiger partial charge in [-0.2, -0.15) is 0 Å². The zero-order valence-corrected chi connectivity index (χ0v) is 11.8. The standard InChI is InChI=1S/C13H26N2O3/c1-5-9(4)10(11(16)17)15-12(18)13(6-2,7-3)8-14/h9-10H,5-8,14H2,1-4H3,(H,15,18)(H,16,17)/t9?,10-/m0/s1. The number of carboxylic acid groups (broad SMARTS) is 1. The molecule has 0 heterocycles. The van der Waals surface area contributed by atoms with Crippen LogP contribution in [0.15, 0.2) is 0 Å². The van der Waals surface area contributed by atoms with Crippen LogP contribution in [0.1, 0.15) is 47.0 Å². The molecule has 0 saturated heterocycles. The van der Waals surface area contributed by atoms with Crippen LogP contribution < -0.4 is 11.1 Å². The number of carbonyl (C=O) groups excluding carboxylic acids is 1. The van der Waals surface area contributed by atoms with Gasteiger partial charge in [0, 0.05) is 6.54 Å². The summed E-state index contributed by atoms with van der Waals surface area (Å²) in [5.74, 6) is -1.34. The molecule has 0 saturated carbocycles. The number of hydrogen-bond donors (Lipinski definition) is 3. The summed E-state index contributed by atoms with van der Waals surface area (Å²) in [6.45, 7) is 7.76. The van der Waals surface area contributed by atoms with E-state index in [9.17, 15) is 9.59 Å². The van der Waals surface area contributed by atoms with Crippen molar-refractivity contribution in [3.8, 4) is 0 Å². The summed E-state index contributed by atoms with van der Waals surface area (Å²) in [6, 6.07) is -0.841. The normalized spacial score (nSPS) is 14.9. The Balaban J connectivity index is 4.93. The number of nitrogens with one attached hydrogen (secondary N) is 1. The Morgan fingerprint density at radius 2 is 1.78 bits per heavy atom. The van der Waals surface area contributed by atoms with E-state index in [0.29, 0.717) is 19.3 Å². The number of nitrogens with two attached hydrogens (primary N) is 1. The topological polar surface area (TPSA) is 92.4 Å². The number of carboxylic acids is 1. The summed E-state index contributed by atoms with van der Waals surface area (Å²) >= 11 is 0. The fourth-order valence-corrected chi connectivity index (χ4v) is 1.93. The summed E-state index contributed by atoms with van der Waals surface area (Å²) in [5.41, 5.74) is 5.03. The highest BCUT2D eigenvalue weighted by Crippen LogP contribution is 2.25. The van der Waals surface area contributed by atoms with Crippen molar-refractivity contribution in [3.05, 3.63) is 0 Å². The zero-order chi connectivity index (χ0) is 14.3. The highest BCUT2D eigenvalue weighted by atomic mass is 16.4. The van der Waals surface area contributed by atoms with Crippen molar-refractivity contribution in [2.24, 2.45) is 17.1 Å². The molecule has 1 unspecified atom stereocenters. The van der Waals surface area contributed by atoms with E-state index in [1.54, 1.807) is 0 Å². The molecule has 0 fully saturated rings. The van der Waals surface area contributed by atoms with E-state index in [-0.39, 0.29) is 18.4 Å². The van der Waals surface area contributed by atoms with Crippen LogP contribution in [0.3, 0.4) is 0 Å². The summed E-state index contributed by atoms with van der Waals surface area (Å²) in [6.07, 6.45) is 1.92. The van der Waals surface area contributed by atoms with Gasteiger partial charge in [0.2, 0.25) is 5.91 Å². The molecule has 106 valence electrons. The Morgan fingerprint density at radius 3 is 2.06 bits per heavy atom. The zero-order valence-electron chi connectivity index (χ0n) is 11.8. The molecule has 2 atom stereocenters. The van der Waals surface area contributed by atoms with E-state index < -0.39 is 17.4 Å². The summed E-state index contributed by atoms with van der Waals surface area (Å²) in [7, 11) is 0. The van der Waals surface area contributed by atoms with Crippen molar-refractivity contribution in [1.82, 2.24) is 5.32 Å². The second kappa shape index (κ2) is 7.36. The minimum atomic E-state index is -0.990. The van der Waals surface area contributed by atoms with Gasteiger partial charge < -0.3 is 16.2 Å². The molecular weight excluding hydrogens is 232 g/mol. The smallest absolute Gasteiger partial charge is 0.326 e. The third-order valence-electron chi connectivity index (χ3n) is 3.99. The van der Waals surface area contributed by atoms with E-state index in [1.807, 2.05) is 27.7 Å². The van der Waals surface area contributed by atoms with Gasteiger partial charge in [-0.15, -0.1) is 0 Å². The van der Waals surface area contributed by atoms with Crippen LogP contribution in [-0.4, -0.2) is 29.6 Å². The Morgan fingerprint density at radius 1 is 1.28 bits per heavy atom. The second-order valence-corrected chi connectivity index (χ2v) is 4.87. The molecule has 1 amide bonds. The number of rotatable bonds is 8. The van der Waals surface area contributed by atoms with Crippen molar-refractivity contribution in [2.45, 2.75) is 53.0 Å². The minimum absolute atomic E-state index is 0.101. The maximum atomic E-state index is 12.2. The molecule has 0 aliphatic rings. The van der Waals surface area contributed by atoms with E-state index in [0.717, 1.165) is 0 Å². The number of amides is 1. The highest BCUT2D eigenvalue weighted by Gasteiger charge is 2.36. The first kappa shape index (κ1) is 16.9. The third-order valence-corrected chi connectivity index (χ3v) is 3.99. The molecule has 0 aliphatic carbocycles. The van der Waals surface area contributed by atoms with Gasteiger partial charge in [-0.25, -0.2) is 4.79 Å². The Hall–Kier alpha value is -1.10. The van der Waals surface area contributed by atoms with Crippen LogP contribution in [-0.2, 0) is 9.59 Å². The maximum Gasteiger partial charge on any atom is 0.326 e. The predicted octanol–water partition coefficient (Wildman–Crippen LogP) is 1.37. The van der Waals surface area contributed by atoms with Gasteiger partial charge >= 0.3 is 5.97 Å². The molecule has 0 rings (SSSR count). The predicted molar refractivity (Wildman–Crippen MR) is 71.1 cm³/mol. The van der Waals surface area contributed by atoms with Gasteiger partial charge in [0.15, 0.2) is 0 Å². The quantitative estimate of drug-likeness (QED) is 0.613. The van der Waals surface area contributed by atoms with Crippen molar-refractivity contribution in [2.75, 3.05) is 6.54 Å². The molecule has 0 aromatic heterocycles. The largest absolute Gasteiger partial charge is 0.480 e. The molecule has 5 nitrogen and oxygen atoms in total. The van der Waals surface area contributed by atoms with Crippen LogP contribution >= 0.6 is 0 Å². The van der Waals surface area contributed by atoms with Crippen LogP contribution in [0.2, 0.25) is 0 Å². The Bertz CT molecular complexity index is 280. The molecule has 0 aromatic rings. The fraction of sp³-hybridized carbons (Fsp3) is 0.846. The first-order chi connectivity index (χ1) is 8.38. The molecule has 18 heavy (non-hydrogen) atoms. The average molecular weight is 258 g/mol. The van der Waals surface area contributed by atoms with Gasteiger partial charge in [-0.05, 0) is 18.8 Å². The van der Waals surface area contributed by atoms with Gasteiger partial charge in [-0.1, -0.05) is 34.1 Å². The lowest BCUT2D eigenvalue weighted by molar-refractivity contribution is -0.145.